The number of likely N-dealkylation sites (tertiary alicyclic amines) is 2. The summed E-state index contributed by atoms with van der Waals surface area (Å²) in [6, 6.07) is 6.75. The molecule has 2 aliphatic rings. The van der Waals surface area contributed by atoms with Crippen molar-refractivity contribution in [3.63, 3.8) is 0 Å². The van der Waals surface area contributed by atoms with Crippen LogP contribution in [0.1, 0.15) is 52.5 Å². The Morgan fingerprint density at radius 2 is 1.73 bits per heavy atom. The van der Waals surface area contributed by atoms with Crippen LogP contribution in [-0.2, 0) is 26.0 Å². The Labute approximate surface area is 179 Å². The lowest BCUT2D eigenvalue weighted by Crippen LogP contribution is -2.48. The number of hydrogen-bond donors (Lipinski definition) is 1. The van der Waals surface area contributed by atoms with Crippen LogP contribution in [-0.4, -0.2) is 61.2 Å². The number of piperidine rings is 1. The van der Waals surface area contributed by atoms with Gasteiger partial charge >= 0.3 is 0 Å². The van der Waals surface area contributed by atoms with E-state index in [1.165, 1.54) is 0 Å². The van der Waals surface area contributed by atoms with E-state index < -0.39 is 10.0 Å². The Morgan fingerprint density at radius 3 is 2.23 bits per heavy atom. The van der Waals surface area contributed by atoms with Crippen molar-refractivity contribution in [2.45, 2.75) is 69.9 Å². The third kappa shape index (κ3) is 5.03. The maximum absolute atomic E-state index is 12.9. The smallest absolute Gasteiger partial charge is 0.240 e. The van der Waals surface area contributed by atoms with Crippen LogP contribution in [0.5, 0.6) is 0 Å². The Morgan fingerprint density at radius 1 is 1.13 bits per heavy atom. The molecule has 3 rings (SSSR count). The molecule has 1 N–H and O–H groups in total. The topological polar surface area (TPSA) is 86.8 Å². The quantitative estimate of drug-likeness (QED) is 0.768. The first-order chi connectivity index (χ1) is 14.0. The summed E-state index contributed by atoms with van der Waals surface area (Å²) in [5.41, 5.74) is 0.809. The van der Waals surface area contributed by atoms with E-state index in [2.05, 4.69) is 4.72 Å². The number of amides is 2. The molecule has 2 saturated heterocycles. The Kier molecular flexibility index (Phi) is 6.57. The van der Waals surface area contributed by atoms with Gasteiger partial charge in [-0.05, 0) is 57.7 Å². The van der Waals surface area contributed by atoms with Gasteiger partial charge in [0.25, 0.3) is 0 Å². The summed E-state index contributed by atoms with van der Waals surface area (Å²) in [6.45, 7) is 9.42. The van der Waals surface area contributed by atoms with Gasteiger partial charge < -0.3 is 9.80 Å². The number of hydrogen-bond acceptors (Lipinski definition) is 4. The highest BCUT2D eigenvalue weighted by atomic mass is 32.2. The summed E-state index contributed by atoms with van der Waals surface area (Å²) < 4.78 is 28.1. The Hall–Kier alpha value is -1.93. The first-order valence-electron chi connectivity index (χ1n) is 10.7. The van der Waals surface area contributed by atoms with E-state index in [4.69, 9.17) is 0 Å². The predicted octanol–water partition coefficient (Wildman–Crippen LogP) is 2.17. The van der Waals surface area contributed by atoms with E-state index in [1.54, 1.807) is 21.9 Å². The van der Waals surface area contributed by atoms with Gasteiger partial charge in [0.1, 0.15) is 0 Å². The van der Waals surface area contributed by atoms with Gasteiger partial charge in [0.15, 0.2) is 0 Å². The first-order valence-corrected chi connectivity index (χ1v) is 12.2. The second-order valence-corrected chi connectivity index (χ2v) is 11.0. The lowest BCUT2D eigenvalue weighted by molar-refractivity contribution is -0.136. The maximum Gasteiger partial charge on any atom is 0.240 e. The van der Waals surface area contributed by atoms with Crippen molar-refractivity contribution >= 4 is 21.8 Å². The minimum Gasteiger partial charge on any atom is -0.342 e. The number of nitrogens with one attached hydrogen (secondary N) is 1. The van der Waals surface area contributed by atoms with Crippen molar-refractivity contribution in [3.05, 3.63) is 29.8 Å². The van der Waals surface area contributed by atoms with Gasteiger partial charge in [-0.15, -0.1) is 0 Å². The molecule has 1 unspecified atom stereocenters. The molecule has 2 amide bonds. The fourth-order valence-corrected chi connectivity index (χ4v) is 5.49. The fourth-order valence-electron chi connectivity index (χ4n) is 4.19. The Balaban J connectivity index is 1.54. The average molecular weight is 436 g/mol. The number of carbonyl (C=O) groups excluding carboxylic acids is 2. The van der Waals surface area contributed by atoms with Crippen LogP contribution in [0.25, 0.3) is 0 Å². The number of aryl methyl sites for hydroxylation is 1. The molecule has 30 heavy (non-hydrogen) atoms. The van der Waals surface area contributed by atoms with Crippen molar-refractivity contribution in [2.24, 2.45) is 5.92 Å². The molecule has 0 saturated carbocycles. The van der Waals surface area contributed by atoms with Gasteiger partial charge in [-0.3, -0.25) is 9.59 Å². The zero-order valence-electron chi connectivity index (χ0n) is 18.3. The molecule has 166 valence electrons. The standard InChI is InChI=1S/C22H33N3O4S/c1-5-16-6-8-19(9-7-16)30(28,29)23-18-10-12-24(13-11-18)21(27)17-14-20(26)25(15-17)22(2,3)4/h6-9,17-18,23H,5,10-15H2,1-4H3. The summed E-state index contributed by atoms with van der Waals surface area (Å²) in [4.78, 5) is 29.0. The van der Waals surface area contributed by atoms with Crippen molar-refractivity contribution in [1.82, 2.24) is 14.5 Å². The molecule has 0 bridgehead atoms. The van der Waals surface area contributed by atoms with E-state index in [0.717, 1.165) is 12.0 Å². The second-order valence-electron chi connectivity index (χ2n) is 9.29. The molecular weight excluding hydrogens is 402 g/mol. The third-order valence-electron chi connectivity index (χ3n) is 6.05. The number of nitrogens with zero attached hydrogens (tertiary/aromatic N) is 2. The molecule has 1 aromatic rings. The highest BCUT2D eigenvalue weighted by Crippen LogP contribution is 2.28. The van der Waals surface area contributed by atoms with Gasteiger partial charge in [0, 0.05) is 37.6 Å². The lowest BCUT2D eigenvalue weighted by atomic mass is 10.0. The number of sulfonamides is 1. The summed E-state index contributed by atoms with van der Waals surface area (Å²) >= 11 is 0. The molecule has 2 fully saturated rings. The van der Waals surface area contributed by atoms with Gasteiger partial charge in [0.2, 0.25) is 21.8 Å². The minimum atomic E-state index is -3.57. The number of rotatable bonds is 5. The molecule has 1 aromatic carbocycles. The fraction of sp³-hybridized carbons (Fsp3) is 0.636. The summed E-state index contributed by atoms with van der Waals surface area (Å²) in [5, 5.41) is 0. The molecule has 2 heterocycles. The molecule has 8 heteroatoms. The Bertz CT molecular complexity index is 882. The molecular formula is C22H33N3O4S. The highest BCUT2D eigenvalue weighted by molar-refractivity contribution is 7.89. The van der Waals surface area contributed by atoms with Crippen LogP contribution in [0.3, 0.4) is 0 Å². The lowest BCUT2D eigenvalue weighted by Gasteiger charge is -2.35. The van der Waals surface area contributed by atoms with Gasteiger partial charge in [-0.25, -0.2) is 13.1 Å². The number of benzene rings is 1. The van der Waals surface area contributed by atoms with Crippen LogP contribution in [0.4, 0.5) is 0 Å². The molecule has 0 spiro atoms. The normalized spacial score (nSPS) is 21.3. The third-order valence-corrected chi connectivity index (χ3v) is 7.59. The van der Waals surface area contributed by atoms with E-state index >= 15 is 0 Å². The number of carbonyl (C=O) groups is 2. The average Bonchev–Trinajstić information content (AvgIpc) is 3.10. The molecule has 2 aliphatic heterocycles. The second kappa shape index (κ2) is 8.67. The van der Waals surface area contributed by atoms with E-state index in [9.17, 15) is 18.0 Å². The summed E-state index contributed by atoms with van der Waals surface area (Å²) in [5.74, 6) is -0.272. The van der Waals surface area contributed by atoms with Crippen molar-refractivity contribution < 1.29 is 18.0 Å². The molecule has 0 aliphatic carbocycles. The van der Waals surface area contributed by atoms with Crippen LogP contribution < -0.4 is 4.72 Å². The van der Waals surface area contributed by atoms with Gasteiger partial charge in [-0.1, -0.05) is 19.1 Å². The van der Waals surface area contributed by atoms with Crippen LogP contribution in [0.15, 0.2) is 29.2 Å². The SMILES string of the molecule is CCc1ccc(S(=O)(=O)NC2CCN(C(=O)C3CC(=O)N(C(C)(C)C)C3)CC2)cc1. The molecule has 7 nitrogen and oxygen atoms in total. The van der Waals surface area contributed by atoms with Crippen LogP contribution >= 0.6 is 0 Å². The van der Waals surface area contributed by atoms with Crippen LogP contribution in [0.2, 0.25) is 0 Å². The van der Waals surface area contributed by atoms with E-state index in [-0.39, 0.29) is 40.6 Å². The van der Waals surface area contributed by atoms with Gasteiger partial charge in [-0.2, -0.15) is 0 Å². The van der Waals surface area contributed by atoms with Crippen molar-refractivity contribution in [3.8, 4) is 0 Å². The molecule has 1 atom stereocenters. The van der Waals surface area contributed by atoms with E-state index in [0.29, 0.717) is 32.5 Å². The molecule has 0 aromatic heterocycles. The zero-order chi connectivity index (χ0) is 22.1. The summed E-state index contributed by atoms with van der Waals surface area (Å²) in [7, 11) is -3.57. The maximum atomic E-state index is 12.9. The first kappa shape index (κ1) is 22.7. The van der Waals surface area contributed by atoms with Crippen LogP contribution in [0, 0.1) is 5.92 Å². The molecule has 0 radical (unpaired) electrons. The van der Waals surface area contributed by atoms with Crippen molar-refractivity contribution in [2.75, 3.05) is 19.6 Å². The van der Waals surface area contributed by atoms with Gasteiger partial charge in [0.05, 0.1) is 10.8 Å². The largest absolute Gasteiger partial charge is 0.342 e. The van der Waals surface area contributed by atoms with E-state index in [1.807, 2.05) is 39.8 Å². The zero-order valence-corrected chi connectivity index (χ0v) is 19.2. The predicted molar refractivity (Wildman–Crippen MR) is 115 cm³/mol. The minimum absolute atomic E-state index is 0.00608. The highest BCUT2D eigenvalue weighted by Gasteiger charge is 2.41. The summed E-state index contributed by atoms with van der Waals surface area (Å²) in [6.07, 6.45) is 2.26. The van der Waals surface area contributed by atoms with Crippen molar-refractivity contribution in [1.29, 1.82) is 0 Å². The monoisotopic (exact) mass is 435 g/mol.